The maximum atomic E-state index is 10.8. The number of hydrogen-bond donors (Lipinski definition) is 1. The summed E-state index contributed by atoms with van der Waals surface area (Å²) in [5, 5.41) is 14.3. The fourth-order valence-corrected chi connectivity index (χ4v) is 1.54. The molecule has 0 aliphatic carbocycles. The largest absolute Gasteiger partial charge is 0.309 e. The van der Waals surface area contributed by atoms with E-state index in [1.54, 1.807) is 0 Å². The van der Waals surface area contributed by atoms with Gasteiger partial charge in [0.1, 0.15) is 0 Å². The van der Waals surface area contributed by atoms with Crippen molar-refractivity contribution in [3.8, 4) is 0 Å². The molecular weight excluding hydrogens is 234 g/mol. The van der Waals surface area contributed by atoms with Crippen molar-refractivity contribution >= 4 is 27.3 Å². The molecule has 0 spiro atoms. The van der Waals surface area contributed by atoms with Crippen molar-refractivity contribution in [3.05, 3.63) is 27.4 Å². The topological polar surface area (TPSA) is 116 Å². The van der Waals surface area contributed by atoms with Crippen LogP contribution in [0.3, 0.4) is 0 Å². The number of nitrogens with zero attached hydrogens (tertiary/aromatic N) is 2. The van der Waals surface area contributed by atoms with Crippen LogP contribution in [0, 0.1) is 10.1 Å². The number of aromatic nitrogens is 1. The fraction of sp³-hybridized carbons (Fsp3) is 0. The van der Waals surface area contributed by atoms with Crippen molar-refractivity contribution in [2.75, 3.05) is 0 Å². The van der Waals surface area contributed by atoms with Crippen molar-refractivity contribution < 1.29 is 13.3 Å². The van der Waals surface area contributed by atoms with Crippen LogP contribution in [0.15, 0.2) is 17.3 Å². The SMILES string of the molecule is NS(=O)(=O)c1ncc(Cl)cc1[N+](=O)[O-]. The molecule has 0 aliphatic rings. The normalized spacial score (nSPS) is 11.3. The molecule has 1 heterocycles. The second-order valence-electron chi connectivity index (χ2n) is 2.28. The molecular formula is C5H4ClN3O4S. The van der Waals surface area contributed by atoms with E-state index in [1.807, 2.05) is 0 Å². The van der Waals surface area contributed by atoms with Gasteiger partial charge in [-0.2, -0.15) is 0 Å². The smallest absolute Gasteiger partial charge is 0.258 e. The zero-order valence-corrected chi connectivity index (χ0v) is 8.12. The third-order valence-corrected chi connectivity index (χ3v) is 2.33. The van der Waals surface area contributed by atoms with Gasteiger partial charge in [0.2, 0.25) is 5.03 Å². The number of nitrogens with two attached hydrogens (primary N) is 1. The minimum absolute atomic E-state index is 0.0379. The quantitative estimate of drug-likeness (QED) is 0.586. The zero-order chi connectivity index (χ0) is 10.9. The summed E-state index contributed by atoms with van der Waals surface area (Å²) in [6, 6.07) is 0.869. The average molecular weight is 238 g/mol. The van der Waals surface area contributed by atoms with Gasteiger partial charge < -0.3 is 0 Å². The van der Waals surface area contributed by atoms with Crippen LogP contribution in [0.2, 0.25) is 5.02 Å². The van der Waals surface area contributed by atoms with Crippen LogP contribution >= 0.6 is 11.6 Å². The van der Waals surface area contributed by atoms with Gasteiger partial charge in [-0.15, -0.1) is 0 Å². The summed E-state index contributed by atoms with van der Waals surface area (Å²) >= 11 is 5.41. The number of halogens is 1. The molecule has 1 aromatic heterocycles. The molecule has 0 unspecified atom stereocenters. The molecule has 0 radical (unpaired) electrons. The van der Waals surface area contributed by atoms with Crippen LogP contribution in [0.25, 0.3) is 0 Å². The van der Waals surface area contributed by atoms with Crippen LogP contribution < -0.4 is 5.14 Å². The van der Waals surface area contributed by atoms with Crippen LogP contribution in [0.4, 0.5) is 5.69 Å². The first-order valence-corrected chi connectivity index (χ1v) is 5.07. The van der Waals surface area contributed by atoms with E-state index in [1.165, 1.54) is 0 Å². The van der Waals surface area contributed by atoms with E-state index >= 15 is 0 Å². The van der Waals surface area contributed by atoms with Crippen LogP contribution in [-0.2, 0) is 10.0 Å². The zero-order valence-electron chi connectivity index (χ0n) is 6.55. The van der Waals surface area contributed by atoms with Gasteiger partial charge in [0.25, 0.3) is 10.0 Å². The standard InChI is InChI=1S/C5H4ClN3O4S/c6-3-1-4(9(10)11)5(8-2-3)14(7,12)13/h1-2H,(H2,7,12,13). The number of sulfonamides is 1. The molecule has 7 nitrogen and oxygen atoms in total. The molecule has 0 bridgehead atoms. The average Bonchev–Trinajstić information content (AvgIpc) is 2.01. The fourth-order valence-electron chi connectivity index (χ4n) is 0.766. The highest BCUT2D eigenvalue weighted by molar-refractivity contribution is 7.89. The maximum absolute atomic E-state index is 10.8. The van der Waals surface area contributed by atoms with E-state index < -0.39 is 25.7 Å². The van der Waals surface area contributed by atoms with E-state index in [4.69, 9.17) is 16.7 Å². The highest BCUT2D eigenvalue weighted by Gasteiger charge is 2.24. The molecule has 76 valence electrons. The summed E-state index contributed by atoms with van der Waals surface area (Å²) in [6.07, 6.45) is 0.967. The molecule has 9 heteroatoms. The Labute approximate surface area is 83.7 Å². The Kier molecular flexibility index (Phi) is 2.69. The van der Waals surface area contributed by atoms with Gasteiger partial charge in [-0.05, 0) is 0 Å². The molecule has 1 aromatic rings. The summed E-state index contributed by atoms with van der Waals surface area (Å²) < 4.78 is 21.7. The third kappa shape index (κ3) is 2.16. The minimum Gasteiger partial charge on any atom is -0.258 e. The summed E-state index contributed by atoms with van der Waals surface area (Å²) in [5.41, 5.74) is -0.736. The Bertz CT molecular complexity index is 486. The Balaban J connectivity index is 3.53. The Morgan fingerprint density at radius 1 is 1.57 bits per heavy atom. The van der Waals surface area contributed by atoms with E-state index in [9.17, 15) is 18.5 Å². The highest BCUT2D eigenvalue weighted by Crippen LogP contribution is 2.23. The predicted molar refractivity (Wildman–Crippen MR) is 47.3 cm³/mol. The second-order valence-corrected chi connectivity index (χ2v) is 4.19. The first-order valence-electron chi connectivity index (χ1n) is 3.15. The van der Waals surface area contributed by atoms with E-state index in [0.717, 1.165) is 12.3 Å². The van der Waals surface area contributed by atoms with Gasteiger partial charge in [0.15, 0.2) is 0 Å². The number of primary sulfonamides is 1. The number of pyridine rings is 1. The van der Waals surface area contributed by atoms with Crippen LogP contribution in [-0.4, -0.2) is 18.3 Å². The molecule has 0 aromatic carbocycles. The molecule has 14 heavy (non-hydrogen) atoms. The van der Waals surface area contributed by atoms with Gasteiger partial charge >= 0.3 is 5.69 Å². The lowest BCUT2D eigenvalue weighted by molar-refractivity contribution is -0.388. The highest BCUT2D eigenvalue weighted by atomic mass is 35.5. The molecule has 0 fully saturated rings. The van der Waals surface area contributed by atoms with Crippen LogP contribution in [0.5, 0.6) is 0 Å². The molecule has 0 atom stereocenters. The monoisotopic (exact) mass is 237 g/mol. The van der Waals surface area contributed by atoms with Crippen molar-refractivity contribution in [1.82, 2.24) is 4.98 Å². The second kappa shape index (κ2) is 3.48. The number of rotatable bonds is 2. The van der Waals surface area contributed by atoms with Gasteiger partial charge in [0.05, 0.1) is 9.95 Å². The summed E-state index contributed by atoms with van der Waals surface area (Å²) in [5.74, 6) is 0. The summed E-state index contributed by atoms with van der Waals surface area (Å²) in [4.78, 5) is 12.8. The Hall–Kier alpha value is -1.25. The minimum atomic E-state index is -4.21. The molecule has 0 amide bonds. The number of nitro groups is 1. The first-order chi connectivity index (χ1) is 6.32. The summed E-state index contributed by atoms with van der Waals surface area (Å²) in [6.45, 7) is 0. The lowest BCUT2D eigenvalue weighted by atomic mass is 10.4. The predicted octanol–water partition coefficient (Wildman–Crippen LogP) is 0.291. The molecule has 0 aliphatic heterocycles. The van der Waals surface area contributed by atoms with Crippen molar-refractivity contribution in [2.45, 2.75) is 5.03 Å². The lowest BCUT2D eigenvalue weighted by Gasteiger charge is -1.98. The van der Waals surface area contributed by atoms with Crippen molar-refractivity contribution in [3.63, 3.8) is 0 Å². The maximum Gasteiger partial charge on any atom is 0.309 e. The number of hydrogen-bond acceptors (Lipinski definition) is 5. The van der Waals surface area contributed by atoms with E-state index in [0.29, 0.717) is 0 Å². The van der Waals surface area contributed by atoms with Gasteiger partial charge in [-0.3, -0.25) is 10.1 Å². The van der Waals surface area contributed by atoms with Crippen LogP contribution in [0.1, 0.15) is 0 Å². The molecule has 1 rings (SSSR count). The Morgan fingerprint density at radius 2 is 2.14 bits per heavy atom. The summed E-state index contributed by atoms with van der Waals surface area (Å²) in [7, 11) is -4.21. The molecule has 2 N–H and O–H groups in total. The van der Waals surface area contributed by atoms with E-state index in [-0.39, 0.29) is 5.02 Å². The van der Waals surface area contributed by atoms with Gasteiger partial charge in [-0.1, -0.05) is 11.6 Å². The van der Waals surface area contributed by atoms with Gasteiger partial charge in [-0.25, -0.2) is 18.5 Å². The lowest BCUT2D eigenvalue weighted by Crippen LogP contribution is -2.15. The Morgan fingerprint density at radius 3 is 2.57 bits per heavy atom. The van der Waals surface area contributed by atoms with Gasteiger partial charge in [0, 0.05) is 12.3 Å². The van der Waals surface area contributed by atoms with Crippen molar-refractivity contribution in [2.24, 2.45) is 5.14 Å². The molecule has 0 saturated carbocycles. The van der Waals surface area contributed by atoms with E-state index in [2.05, 4.69) is 4.98 Å². The van der Waals surface area contributed by atoms with Crippen molar-refractivity contribution in [1.29, 1.82) is 0 Å². The first kappa shape index (κ1) is 10.8. The third-order valence-electron chi connectivity index (χ3n) is 1.27. The molecule has 0 saturated heterocycles.